The molecule has 2 aromatic rings. The maximum absolute atomic E-state index is 9.54. The number of aromatic hydroxyl groups is 2. The first kappa shape index (κ1) is 12.1. The highest BCUT2D eigenvalue weighted by Gasteiger charge is 1.98. The molecule has 4 heteroatoms. The topological polar surface area (TPSA) is 65.7 Å². The lowest BCUT2D eigenvalue weighted by atomic mass is 10.2. The Morgan fingerprint density at radius 3 is 2.83 bits per heavy atom. The van der Waals surface area contributed by atoms with E-state index in [9.17, 15) is 10.2 Å². The minimum atomic E-state index is 0.106. The number of nitrogens with zero attached hydrogens (tertiary/aromatic N) is 2. The zero-order valence-corrected chi connectivity index (χ0v) is 9.82. The molecule has 0 atom stereocenters. The molecule has 0 bridgehead atoms. The van der Waals surface area contributed by atoms with E-state index in [2.05, 4.69) is 9.98 Å². The summed E-state index contributed by atoms with van der Waals surface area (Å²) in [6.45, 7) is 0.589. The van der Waals surface area contributed by atoms with Gasteiger partial charge in [0.2, 0.25) is 0 Å². The van der Waals surface area contributed by atoms with E-state index >= 15 is 0 Å². The van der Waals surface area contributed by atoms with Gasteiger partial charge in [-0.05, 0) is 30.3 Å². The summed E-state index contributed by atoms with van der Waals surface area (Å²) in [6, 6.07) is 10.1. The molecule has 0 aliphatic rings. The Kier molecular flexibility index (Phi) is 3.91. The van der Waals surface area contributed by atoms with Gasteiger partial charge in [-0.3, -0.25) is 9.98 Å². The van der Waals surface area contributed by atoms with Crippen molar-refractivity contribution in [2.45, 2.75) is 6.42 Å². The first-order chi connectivity index (χ1) is 8.75. The number of aliphatic imine (C=N–C) groups is 1. The second-order valence-electron chi connectivity index (χ2n) is 3.85. The average molecular weight is 242 g/mol. The monoisotopic (exact) mass is 242 g/mol. The molecule has 1 heterocycles. The van der Waals surface area contributed by atoms with Crippen molar-refractivity contribution in [3.8, 4) is 11.5 Å². The molecule has 0 spiro atoms. The molecular weight excluding hydrogens is 228 g/mol. The van der Waals surface area contributed by atoms with E-state index in [-0.39, 0.29) is 11.5 Å². The lowest BCUT2D eigenvalue weighted by molar-refractivity contribution is 0.459. The van der Waals surface area contributed by atoms with Crippen molar-refractivity contribution in [1.29, 1.82) is 0 Å². The van der Waals surface area contributed by atoms with Crippen LogP contribution in [0.2, 0.25) is 0 Å². The van der Waals surface area contributed by atoms with E-state index in [4.69, 9.17) is 0 Å². The average Bonchev–Trinajstić information content (AvgIpc) is 2.40. The van der Waals surface area contributed by atoms with Crippen LogP contribution in [0, 0.1) is 0 Å². The van der Waals surface area contributed by atoms with Crippen LogP contribution in [0.4, 0.5) is 0 Å². The van der Waals surface area contributed by atoms with Gasteiger partial charge in [-0.25, -0.2) is 0 Å². The highest BCUT2D eigenvalue weighted by molar-refractivity contribution is 5.83. The molecule has 0 unspecified atom stereocenters. The zero-order valence-electron chi connectivity index (χ0n) is 9.82. The van der Waals surface area contributed by atoms with Crippen LogP contribution < -0.4 is 0 Å². The van der Waals surface area contributed by atoms with Gasteiger partial charge < -0.3 is 10.2 Å². The third-order valence-electron chi connectivity index (χ3n) is 2.46. The number of phenols is 2. The van der Waals surface area contributed by atoms with Gasteiger partial charge in [0.25, 0.3) is 0 Å². The number of hydrogen-bond acceptors (Lipinski definition) is 4. The molecular formula is C14H14N2O2. The van der Waals surface area contributed by atoms with Crippen molar-refractivity contribution in [3.63, 3.8) is 0 Å². The predicted molar refractivity (Wildman–Crippen MR) is 70.2 cm³/mol. The number of benzene rings is 1. The smallest absolute Gasteiger partial charge is 0.124 e. The third kappa shape index (κ3) is 3.31. The predicted octanol–water partition coefficient (Wildman–Crippen LogP) is 2.15. The molecule has 0 saturated carbocycles. The SMILES string of the molecule is Oc1ccc(O)c(C=NCCc2ccccn2)c1. The van der Waals surface area contributed by atoms with Crippen molar-refractivity contribution in [3.05, 3.63) is 53.9 Å². The van der Waals surface area contributed by atoms with Crippen LogP contribution in [0.15, 0.2) is 47.6 Å². The second-order valence-corrected chi connectivity index (χ2v) is 3.85. The van der Waals surface area contributed by atoms with Crippen LogP contribution in [0.25, 0.3) is 0 Å². The van der Waals surface area contributed by atoms with Crippen molar-refractivity contribution in [2.24, 2.45) is 4.99 Å². The van der Waals surface area contributed by atoms with Crippen LogP contribution in [-0.2, 0) is 6.42 Å². The van der Waals surface area contributed by atoms with Gasteiger partial charge in [0, 0.05) is 36.6 Å². The molecule has 0 aliphatic heterocycles. The summed E-state index contributed by atoms with van der Waals surface area (Å²) in [6.07, 6.45) is 4.05. The maximum atomic E-state index is 9.54. The van der Waals surface area contributed by atoms with E-state index in [1.54, 1.807) is 12.4 Å². The number of rotatable bonds is 4. The Labute approximate surface area is 105 Å². The Morgan fingerprint density at radius 2 is 2.06 bits per heavy atom. The fourth-order valence-corrected chi connectivity index (χ4v) is 1.53. The summed E-state index contributed by atoms with van der Waals surface area (Å²) < 4.78 is 0. The van der Waals surface area contributed by atoms with Crippen molar-refractivity contribution < 1.29 is 10.2 Å². The van der Waals surface area contributed by atoms with E-state index in [0.29, 0.717) is 12.1 Å². The van der Waals surface area contributed by atoms with E-state index in [1.165, 1.54) is 18.2 Å². The first-order valence-electron chi connectivity index (χ1n) is 5.67. The lowest BCUT2D eigenvalue weighted by Gasteiger charge is -1.99. The van der Waals surface area contributed by atoms with Crippen LogP contribution in [-0.4, -0.2) is 28.0 Å². The molecule has 1 aromatic carbocycles. The van der Waals surface area contributed by atoms with Gasteiger partial charge in [0.05, 0.1) is 0 Å². The molecule has 1 aromatic heterocycles. The largest absolute Gasteiger partial charge is 0.508 e. The molecule has 2 rings (SSSR count). The Morgan fingerprint density at radius 1 is 1.17 bits per heavy atom. The minimum Gasteiger partial charge on any atom is -0.508 e. The number of phenolic OH excluding ortho intramolecular Hbond substituents is 2. The van der Waals surface area contributed by atoms with Crippen molar-refractivity contribution >= 4 is 6.21 Å². The lowest BCUT2D eigenvalue weighted by Crippen LogP contribution is -1.93. The standard InChI is InChI=1S/C14H14N2O2/c17-13-4-5-14(18)11(9-13)10-15-8-6-12-3-1-2-7-16-12/h1-5,7,9-10,17-18H,6,8H2. The van der Waals surface area contributed by atoms with Gasteiger partial charge in [-0.1, -0.05) is 6.07 Å². The molecule has 92 valence electrons. The van der Waals surface area contributed by atoms with Gasteiger partial charge in [-0.15, -0.1) is 0 Å². The molecule has 18 heavy (non-hydrogen) atoms. The molecule has 2 N–H and O–H groups in total. The minimum absolute atomic E-state index is 0.106. The molecule has 0 saturated heterocycles. The highest BCUT2D eigenvalue weighted by Crippen LogP contribution is 2.20. The van der Waals surface area contributed by atoms with Crippen LogP contribution in [0.3, 0.4) is 0 Å². The normalized spacial score (nSPS) is 10.9. The second kappa shape index (κ2) is 5.82. The van der Waals surface area contributed by atoms with Crippen LogP contribution >= 0.6 is 0 Å². The van der Waals surface area contributed by atoms with E-state index in [0.717, 1.165) is 12.1 Å². The van der Waals surface area contributed by atoms with Gasteiger partial charge >= 0.3 is 0 Å². The summed E-state index contributed by atoms with van der Waals surface area (Å²) in [5, 5.41) is 18.8. The maximum Gasteiger partial charge on any atom is 0.124 e. The summed E-state index contributed by atoms with van der Waals surface area (Å²) in [5.41, 5.74) is 1.49. The number of pyridine rings is 1. The van der Waals surface area contributed by atoms with Crippen molar-refractivity contribution in [2.75, 3.05) is 6.54 Å². The fraction of sp³-hybridized carbons (Fsp3) is 0.143. The summed E-state index contributed by atoms with van der Waals surface area (Å²) in [7, 11) is 0. The van der Waals surface area contributed by atoms with Crippen molar-refractivity contribution in [1.82, 2.24) is 4.98 Å². The summed E-state index contributed by atoms with van der Waals surface area (Å²) in [5.74, 6) is 0.216. The third-order valence-corrected chi connectivity index (χ3v) is 2.46. The first-order valence-corrected chi connectivity index (χ1v) is 5.67. The van der Waals surface area contributed by atoms with Gasteiger partial charge in [0.1, 0.15) is 11.5 Å². The molecule has 0 radical (unpaired) electrons. The fourth-order valence-electron chi connectivity index (χ4n) is 1.53. The van der Waals surface area contributed by atoms with Crippen LogP contribution in [0.1, 0.15) is 11.3 Å². The number of hydrogen-bond donors (Lipinski definition) is 2. The zero-order chi connectivity index (χ0) is 12.8. The molecule has 0 aliphatic carbocycles. The van der Waals surface area contributed by atoms with E-state index in [1.807, 2.05) is 18.2 Å². The van der Waals surface area contributed by atoms with Gasteiger partial charge in [0.15, 0.2) is 0 Å². The summed E-state index contributed by atoms with van der Waals surface area (Å²) in [4.78, 5) is 8.39. The number of aromatic nitrogens is 1. The van der Waals surface area contributed by atoms with E-state index < -0.39 is 0 Å². The Hall–Kier alpha value is -2.36. The quantitative estimate of drug-likeness (QED) is 0.637. The van der Waals surface area contributed by atoms with Crippen LogP contribution in [0.5, 0.6) is 11.5 Å². The summed E-state index contributed by atoms with van der Waals surface area (Å²) >= 11 is 0. The van der Waals surface area contributed by atoms with Gasteiger partial charge in [-0.2, -0.15) is 0 Å². The molecule has 0 fully saturated rings. The Bertz CT molecular complexity index is 539. The molecule has 4 nitrogen and oxygen atoms in total. The highest BCUT2D eigenvalue weighted by atomic mass is 16.3. The molecule has 0 amide bonds. The Balaban J connectivity index is 1.94.